The zero-order valence-corrected chi connectivity index (χ0v) is 14.0. The van der Waals surface area contributed by atoms with Crippen LogP contribution in [0.4, 0.5) is 5.69 Å². The van der Waals surface area contributed by atoms with E-state index in [0.717, 1.165) is 39.4 Å². The molecule has 0 spiro atoms. The minimum Gasteiger partial charge on any atom is -0.384 e. The lowest BCUT2D eigenvalue weighted by Gasteiger charge is -2.27. The lowest BCUT2D eigenvalue weighted by atomic mass is 9.94. The average Bonchev–Trinajstić information content (AvgIpc) is 2.48. The first-order valence-electron chi connectivity index (χ1n) is 8.25. The molecule has 21 heavy (non-hydrogen) atoms. The van der Waals surface area contributed by atoms with Gasteiger partial charge in [0.2, 0.25) is 0 Å². The Morgan fingerprint density at radius 1 is 1.10 bits per heavy atom. The highest BCUT2D eigenvalue weighted by atomic mass is 16.5. The summed E-state index contributed by atoms with van der Waals surface area (Å²) in [6, 6.07) is 6.88. The van der Waals surface area contributed by atoms with Crippen LogP contribution in [0.5, 0.6) is 0 Å². The summed E-state index contributed by atoms with van der Waals surface area (Å²) >= 11 is 0. The molecule has 1 heterocycles. The number of ether oxygens (including phenoxy) is 1. The molecule has 3 heteroatoms. The molecule has 2 rings (SSSR count). The molecule has 0 aromatic heterocycles. The second-order valence-corrected chi connectivity index (χ2v) is 6.54. The van der Waals surface area contributed by atoms with Gasteiger partial charge in [-0.2, -0.15) is 0 Å². The van der Waals surface area contributed by atoms with Gasteiger partial charge in [0.15, 0.2) is 0 Å². The fourth-order valence-corrected chi connectivity index (χ4v) is 2.75. The third-order valence-corrected chi connectivity index (χ3v) is 4.21. The quantitative estimate of drug-likeness (QED) is 0.865. The summed E-state index contributed by atoms with van der Waals surface area (Å²) in [5.41, 5.74) is 4.16. The maximum Gasteiger partial charge on any atom is 0.0594 e. The molecule has 1 fully saturated rings. The lowest BCUT2D eigenvalue weighted by molar-refractivity contribution is 0.0398. The Kier molecular flexibility index (Phi) is 6.07. The van der Waals surface area contributed by atoms with E-state index in [4.69, 9.17) is 4.74 Å². The van der Waals surface area contributed by atoms with Gasteiger partial charge in [0.05, 0.1) is 13.2 Å². The fourth-order valence-electron chi connectivity index (χ4n) is 2.75. The monoisotopic (exact) mass is 290 g/mol. The molecular weight excluding hydrogens is 260 g/mol. The van der Waals surface area contributed by atoms with E-state index in [1.54, 1.807) is 0 Å². The van der Waals surface area contributed by atoms with Gasteiger partial charge in [-0.1, -0.05) is 39.8 Å². The molecular formula is C18H30N2O. The van der Waals surface area contributed by atoms with E-state index in [-0.39, 0.29) is 0 Å². The van der Waals surface area contributed by atoms with Crippen LogP contribution in [0.25, 0.3) is 0 Å². The number of morpholine rings is 1. The SMILES string of the molecule is CC(C)c1ccc(NCCN2CCOCC2)c(C(C)C)c1. The van der Waals surface area contributed by atoms with Gasteiger partial charge < -0.3 is 10.1 Å². The molecule has 118 valence electrons. The van der Waals surface area contributed by atoms with Gasteiger partial charge >= 0.3 is 0 Å². The molecule has 1 aliphatic heterocycles. The Morgan fingerprint density at radius 3 is 2.43 bits per heavy atom. The summed E-state index contributed by atoms with van der Waals surface area (Å²) in [5.74, 6) is 1.14. The van der Waals surface area contributed by atoms with Crippen LogP contribution in [0.3, 0.4) is 0 Å². The molecule has 1 aliphatic rings. The van der Waals surface area contributed by atoms with Crippen molar-refractivity contribution < 1.29 is 4.74 Å². The van der Waals surface area contributed by atoms with E-state index in [1.807, 2.05) is 0 Å². The third-order valence-electron chi connectivity index (χ3n) is 4.21. The molecule has 0 amide bonds. The summed E-state index contributed by atoms with van der Waals surface area (Å²) in [4.78, 5) is 2.47. The van der Waals surface area contributed by atoms with Crippen LogP contribution in [-0.4, -0.2) is 44.3 Å². The van der Waals surface area contributed by atoms with Crippen molar-refractivity contribution in [1.29, 1.82) is 0 Å². The van der Waals surface area contributed by atoms with Crippen LogP contribution in [0.1, 0.15) is 50.7 Å². The first-order chi connectivity index (χ1) is 10.1. The Hall–Kier alpha value is -1.06. The number of rotatable bonds is 6. The third kappa shape index (κ3) is 4.72. The Bertz CT molecular complexity index is 437. The Labute approximate surface area is 129 Å². The summed E-state index contributed by atoms with van der Waals surface area (Å²) in [6.45, 7) is 15.0. The second-order valence-electron chi connectivity index (χ2n) is 6.54. The highest BCUT2D eigenvalue weighted by Gasteiger charge is 2.12. The predicted molar refractivity (Wildman–Crippen MR) is 90.4 cm³/mol. The minimum atomic E-state index is 0.551. The number of benzene rings is 1. The van der Waals surface area contributed by atoms with Crippen molar-refractivity contribution in [3.8, 4) is 0 Å². The molecule has 0 bridgehead atoms. The molecule has 1 aromatic carbocycles. The molecule has 0 unspecified atom stereocenters. The molecule has 0 atom stereocenters. The Morgan fingerprint density at radius 2 is 1.81 bits per heavy atom. The van der Waals surface area contributed by atoms with Crippen molar-refractivity contribution in [2.75, 3.05) is 44.7 Å². The lowest BCUT2D eigenvalue weighted by Crippen LogP contribution is -2.39. The number of hydrogen-bond acceptors (Lipinski definition) is 3. The summed E-state index contributed by atoms with van der Waals surface area (Å²) in [6.07, 6.45) is 0. The molecule has 0 aliphatic carbocycles. The average molecular weight is 290 g/mol. The van der Waals surface area contributed by atoms with E-state index in [0.29, 0.717) is 11.8 Å². The fraction of sp³-hybridized carbons (Fsp3) is 0.667. The van der Waals surface area contributed by atoms with Crippen LogP contribution >= 0.6 is 0 Å². The van der Waals surface area contributed by atoms with Crippen LogP contribution in [0.2, 0.25) is 0 Å². The maximum absolute atomic E-state index is 5.39. The highest BCUT2D eigenvalue weighted by Crippen LogP contribution is 2.28. The van der Waals surface area contributed by atoms with E-state index in [2.05, 4.69) is 56.1 Å². The van der Waals surface area contributed by atoms with E-state index in [1.165, 1.54) is 16.8 Å². The van der Waals surface area contributed by atoms with Crippen molar-refractivity contribution in [2.45, 2.75) is 39.5 Å². The molecule has 3 nitrogen and oxygen atoms in total. The number of hydrogen-bond donors (Lipinski definition) is 1. The number of nitrogens with one attached hydrogen (secondary N) is 1. The topological polar surface area (TPSA) is 24.5 Å². The zero-order chi connectivity index (χ0) is 15.2. The first-order valence-corrected chi connectivity index (χ1v) is 8.25. The van der Waals surface area contributed by atoms with Crippen molar-refractivity contribution in [1.82, 2.24) is 4.90 Å². The largest absolute Gasteiger partial charge is 0.384 e. The number of nitrogens with zero attached hydrogens (tertiary/aromatic N) is 1. The van der Waals surface area contributed by atoms with Gasteiger partial charge in [0.25, 0.3) is 0 Å². The van der Waals surface area contributed by atoms with Gasteiger partial charge in [-0.25, -0.2) is 0 Å². The molecule has 0 saturated carbocycles. The van der Waals surface area contributed by atoms with Crippen molar-refractivity contribution in [3.63, 3.8) is 0 Å². The van der Waals surface area contributed by atoms with Crippen LogP contribution < -0.4 is 5.32 Å². The standard InChI is InChI=1S/C18H30N2O/c1-14(2)16-5-6-18(17(13-16)15(3)4)19-7-8-20-9-11-21-12-10-20/h5-6,13-15,19H,7-12H2,1-4H3. The van der Waals surface area contributed by atoms with Crippen molar-refractivity contribution >= 4 is 5.69 Å². The molecule has 0 radical (unpaired) electrons. The van der Waals surface area contributed by atoms with Crippen LogP contribution in [0.15, 0.2) is 18.2 Å². The van der Waals surface area contributed by atoms with E-state index < -0.39 is 0 Å². The second kappa shape index (κ2) is 7.81. The molecule has 1 saturated heterocycles. The minimum absolute atomic E-state index is 0.551. The number of anilines is 1. The van der Waals surface area contributed by atoms with Crippen molar-refractivity contribution in [3.05, 3.63) is 29.3 Å². The van der Waals surface area contributed by atoms with Gasteiger partial charge in [-0.05, 0) is 29.0 Å². The maximum atomic E-state index is 5.39. The highest BCUT2D eigenvalue weighted by molar-refractivity contribution is 5.54. The van der Waals surface area contributed by atoms with Crippen LogP contribution in [-0.2, 0) is 4.74 Å². The van der Waals surface area contributed by atoms with E-state index in [9.17, 15) is 0 Å². The van der Waals surface area contributed by atoms with Crippen molar-refractivity contribution in [2.24, 2.45) is 0 Å². The molecule has 1 aromatic rings. The smallest absolute Gasteiger partial charge is 0.0594 e. The van der Waals surface area contributed by atoms with Crippen LogP contribution in [0, 0.1) is 0 Å². The predicted octanol–water partition coefficient (Wildman–Crippen LogP) is 3.68. The molecule has 1 N–H and O–H groups in total. The Balaban J connectivity index is 1.95. The van der Waals surface area contributed by atoms with Gasteiger partial charge in [-0.15, -0.1) is 0 Å². The zero-order valence-electron chi connectivity index (χ0n) is 14.0. The van der Waals surface area contributed by atoms with Gasteiger partial charge in [-0.3, -0.25) is 4.90 Å². The summed E-state index contributed by atoms with van der Waals surface area (Å²) in [7, 11) is 0. The van der Waals surface area contributed by atoms with E-state index >= 15 is 0 Å². The van der Waals surface area contributed by atoms with Gasteiger partial charge in [0, 0.05) is 31.9 Å². The summed E-state index contributed by atoms with van der Waals surface area (Å²) < 4.78 is 5.39. The van der Waals surface area contributed by atoms with Gasteiger partial charge in [0.1, 0.15) is 0 Å². The normalized spacial score (nSPS) is 16.7. The first kappa shape index (κ1) is 16.3. The summed E-state index contributed by atoms with van der Waals surface area (Å²) in [5, 5.41) is 3.63.